The van der Waals surface area contributed by atoms with E-state index in [1.165, 1.54) is 11.1 Å². The number of hydrogen-bond donors (Lipinski definition) is 0. The highest BCUT2D eigenvalue weighted by atomic mass is 79.9. The van der Waals surface area contributed by atoms with Gasteiger partial charge in [-0.3, -0.25) is 4.90 Å². The van der Waals surface area contributed by atoms with Gasteiger partial charge in [0.05, 0.1) is 6.61 Å². The molecule has 0 radical (unpaired) electrons. The molecule has 4 heteroatoms. The predicted molar refractivity (Wildman–Crippen MR) is 77.4 cm³/mol. The molecule has 3 nitrogen and oxygen atoms in total. The molecule has 0 saturated carbocycles. The summed E-state index contributed by atoms with van der Waals surface area (Å²) in [6.07, 6.45) is 4.25. The first-order chi connectivity index (χ1) is 9.26. The lowest BCUT2D eigenvalue weighted by Crippen LogP contribution is -2.35. The van der Waals surface area contributed by atoms with Gasteiger partial charge in [-0.25, -0.2) is 0 Å². The molecule has 1 fully saturated rings. The number of hydrogen-bond acceptors (Lipinski definition) is 3. The smallest absolute Gasteiger partial charge is 0.127 e. The number of fused-ring (bicyclic) bond motifs is 1. The topological polar surface area (TPSA) is 29.5 Å². The number of nitrogens with zero attached hydrogens (tertiary/aromatic N) is 1. The zero-order valence-electron chi connectivity index (χ0n) is 10.9. The second kappa shape index (κ2) is 5.63. The molecule has 0 aliphatic carbocycles. The molecule has 2 aliphatic rings. The van der Waals surface area contributed by atoms with Crippen LogP contribution in [0.4, 0.5) is 0 Å². The summed E-state index contributed by atoms with van der Waals surface area (Å²) >= 11 is 3.58. The van der Waals surface area contributed by atoms with Crippen molar-refractivity contribution in [3.05, 3.63) is 27.7 Å². The second-order valence-corrected chi connectivity index (χ2v) is 6.34. The summed E-state index contributed by atoms with van der Waals surface area (Å²) in [5.41, 5.74) is 2.54. The van der Waals surface area contributed by atoms with Gasteiger partial charge in [0.25, 0.3) is 0 Å². The van der Waals surface area contributed by atoms with Crippen LogP contribution in [0.5, 0.6) is 5.75 Å². The van der Waals surface area contributed by atoms with Crippen molar-refractivity contribution in [3.8, 4) is 5.75 Å². The maximum absolute atomic E-state index is 10.9. The van der Waals surface area contributed by atoms with Crippen LogP contribution in [0.25, 0.3) is 0 Å². The van der Waals surface area contributed by atoms with E-state index in [1.807, 2.05) is 0 Å². The van der Waals surface area contributed by atoms with Crippen LogP contribution in [-0.4, -0.2) is 30.9 Å². The number of carbonyl (C=O) groups is 1. The first kappa shape index (κ1) is 13.1. The highest BCUT2D eigenvalue weighted by molar-refractivity contribution is 9.10. The van der Waals surface area contributed by atoms with Crippen LogP contribution in [0, 0.1) is 5.92 Å². The SMILES string of the molecule is O=CC1CCCN(Cc2cc(Br)cc3c2OCC3)C1. The number of aldehydes is 1. The third kappa shape index (κ3) is 2.84. The number of halogens is 1. The van der Waals surface area contributed by atoms with E-state index < -0.39 is 0 Å². The zero-order valence-corrected chi connectivity index (χ0v) is 12.5. The first-order valence-corrected chi connectivity index (χ1v) is 7.67. The van der Waals surface area contributed by atoms with Crippen molar-refractivity contribution in [2.75, 3.05) is 19.7 Å². The van der Waals surface area contributed by atoms with Gasteiger partial charge in [-0.05, 0) is 37.1 Å². The van der Waals surface area contributed by atoms with Crippen molar-refractivity contribution in [2.24, 2.45) is 5.92 Å². The minimum absolute atomic E-state index is 0.204. The van der Waals surface area contributed by atoms with Crippen LogP contribution in [0.2, 0.25) is 0 Å². The Morgan fingerprint density at radius 3 is 3.21 bits per heavy atom. The number of carbonyl (C=O) groups excluding carboxylic acids is 1. The summed E-state index contributed by atoms with van der Waals surface area (Å²) in [6, 6.07) is 4.30. The number of piperidine rings is 1. The normalized spacial score (nSPS) is 22.9. The van der Waals surface area contributed by atoms with E-state index >= 15 is 0 Å². The van der Waals surface area contributed by atoms with Crippen LogP contribution < -0.4 is 4.74 Å². The third-order valence-corrected chi connectivity index (χ3v) is 4.41. The Balaban J connectivity index is 1.78. The monoisotopic (exact) mass is 323 g/mol. The molecule has 3 rings (SSSR count). The van der Waals surface area contributed by atoms with Gasteiger partial charge in [-0.2, -0.15) is 0 Å². The van der Waals surface area contributed by atoms with Gasteiger partial charge in [0, 0.05) is 35.5 Å². The molecule has 0 amide bonds. The van der Waals surface area contributed by atoms with Gasteiger partial charge in [0.15, 0.2) is 0 Å². The molecule has 0 N–H and O–H groups in total. The molecule has 2 heterocycles. The number of ether oxygens (including phenoxy) is 1. The fraction of sp³-hybridized carbons (Fsp3) is 0.533. The van der Waals surface area contributed by atoms with Crippen molar-refractivity contribution in [2.45, 2.75) is 25.8 Å². The van der Waals surface area contributed by atoms with Gasteiger partial charge in [-0.1, -0.05) is 15.9 Å². The maximum Gasteiger partial charge on any atom is 0.127 e. The van der Waals surface area contributed by atoms with Crippen molar-refractivity contribution >= 4 is 22.2 Å². The Kier molecular flexibility index (Phi) is 3.89. The lowest BCUT2D eigenvalue weighted by atomic mass is 9.99. The first-order valence-electron chi connectivity index (χ1n) is 6.88. The maximum atomic E-state index is 10.9. The molecular formula is C15H18BrNO2. The molecule has 0 spiro atoms. The van der Waals surface area contributed by atoms with Gasteiger partial charge >= 0.3 is 0 Å². The van der Waals surface area contributed by atoms with Gasteiger partial charge in [-0.15, -0.1) is 0 Å². The summed E-state index contributed by atoms with van der Waals surface area (Å²) in [5, 5.41) is 0. The van der Waals surface area contributed by atoms with Crippen LogP contribution in [0.1, 0.15) is 24.0 Å². The summed E-state index contributed by atoms with van der Waals surface area (Å²) < 4.78 is 6.88. The van der Waals surface area contributed by atoms with E-state index in [1.54, 1.807) is 0 Å². The number of benzene rings is 1. The fourth-order valence-electron chi connectivity index (χ4n) is 3.05. The van der Waals surface area contributed by atoms with Crippen LogP contribution in [-0.2, 0) is 17.8 Å². The molecule has 1 saturated heterocycles. The van der Waals surface area contributed by atoms with E-state index in [2.05, 4.69) is 33.0 Å². The average Bonchev–Trinajstić information content (AvgIpc) is 2.87. The lowest BCUT2D eigenvalue weighted by Gasteiger charge is -2.30. The largest absolute Gasteiger partial charge is 0.493 e. The Bertz CT molecular complexity index is 489. The van der Waals surface area contributed by atoms with Gasteiger partial charge in [0.2, 0.25) is 0 Å². The highest BCUT2D eigenvalue weighted by Crippen LogP contribution is 2.34. The standard InChI is InChI=1S/C15H18BrNO2/c16-14-6-12-3-5-19-15(12)13(7-14)9-17-4-1-2-11(8-17)10-18/h6-7,10-11H,1-5,8-9H2. The summed E-state index contributed by atoms with van der Waals surface area (Å²) in [6.45, 7) is 3.62. The Morgan fingerprint density at radius 2 is 2.37 bits per heavy atom. The quantitative estimate of drug-likeness (QED) is 0.801. The summed E-state index contributed by atoms with van der Waals surface area (Å²) in [7, 11) is 0. The summed E-state index contributed by atoms with van der Waals surface area (Å²) in [5.74, 6) is 1.27. The number of rotatable bonds is 3. The lowest BCUT2D eigenvalue weighted by molar-refractivity contribution is -0.112. The zero-order chi connectivity index (χ0) is 13.2. The molecule has 1 unspecified atom stereocenters. The second-order valence-electron chi connectivity index (χ2n) is 5.43. The Labute approximate surface area is 122 Å². The van der Waals surface area contributed by atoms with Gasteiger partial charge in [0.1, 0.15) is 12.0 Å². The number of likely N-dealkylation sites (tertiary alicyclic amines) is 1. The Morgan fingerprint density at radius 1 is 1.47 bits per heavy atom. The Hall–Kier alpha value is -0.870. The minimum Gasteiger partial charge on any atom is -0.493 e. The van der Waals surface area contributed by atoms with Crippen LogP contribution in [0.15, 0.2) is 16.6 Å². The van der Waals surface area contributed by atoms with E-state index in [4.69, 9.17) is 4.74 Å². The van der Waals surface area contributed by atoms with Crippen molar-refractivity contribution in [3.63, 3.8) is 0 Å². The van der Waals surface area contributed by atoms with E-state index in [0.29, 0.717) is 0 Å². The van der Waals surface area contributed by atoms with Crippen molar-refractivity contribution in [1.82, 2.24) is 4.90 Å². The molecule has 0 aromatic heterocycles. The average molecular weight is 324 g/mol. The van der Waals surface area contributed by atoms with Gasteiger partial charge < -0.3 is 9.53 Å². The van der Waals surface area contributed by atoms with E-state index in [9.17, 15) is 4.79 Å². The molecule has 1 aromatic rings. The summed E-state index contributed by atoms with van der Waals surface area (Å²) in [4.78, 5) is 13.3. The van der Waals surface area contributed by atoms with Crippen molar-refractivity contribution < 1.29 is 9.53 Å². The molecule has 1 aromatic carbocycles. The van der Waals surface area contributed by atoms with Crippen LogP contribution in [0.3, 0.4) is 0 Å². The molecule has 2 aliphatic heterocycles. The molecule has 19 heavy (non-hydrogen) atoms. The molecule has 0 bridgehead atoms. The van der Waals surface area contributed by atoms with E-state index in [-0.39, 0.29) is 5.92 Å². The molecular weight excluding hydrogens is 306 g/mol. The minimum atomic E-state index is 0.204. The fourth-order valence-corrected chi connectivity index (χ4v) is 3.60. The van der Waals surface area contributed by atoms with E-state index in [0.717, 1.165) is 62.0 Å². The highest BCUT2D eigenvalue weighted by Gasteiger charge is 2.23. The van der Waals surface area contributed by atoms with Crippen LogP contribution >= 0.6 is 15.9 Å². The predicted octanol–water partition coefficient (Wildman–Crippen LogP) is 2.79. The third-order valence-electron chi connectivity index (χ3n) is 3.95. The van der Waals surface area contributed by atoms with Crippen molar-refractivity contribution in [1.29, 1.82) is 0 Å². The molecule has 102 valence electrons. The molecule has 1 atom stereocenters.